The molecule has 0 radical (unpaired) electrons. The molecule has 3 rings (SSSR count). The van der Waals surface area contributed by atoms with Crippen molar-refractivity contribution in [3.05, 3.63) is 0 Å². The summed E-state index contributed by atoms with van der Waals surface area (Å²) < 4.78 is 0. The fourth-order valence-electron chi connectivity index (χ4n) is 3.22. The first-order valence-corrected chi connectivity index (χ1v) is 7.02. The van der Waals surface area contributed by atoms with Gasteiger partial charge in [0.25, 0.3) is 0 Å². The molecule has 1 atom stereocenters. The predicted molar refractivity (Wildman–Crippen MR) is 66.6 cm³/mol. The van der Waals surface area contributed by atoms with Crippen LogP contribution in [0.15, 0.2) is 0 Å². The maximum Gasteiger partial charge on any atom is 0.0224 e. The van der Waals surface area contributed by atoms with Crippen molar-refractivity contribution in [2.75, 3.05) is 38.5 Å². The predicted octanol–water partition coefficient (Wildman–Crippen LogP) is 1.48. The van der Waals surface area contributed by atoms with Crippen LogP contribution in [0.2, 0.25) is 0 Å². The van der Waals surface area contributed by atoms with E-state index in [0.29, 0.717) is 5.41 Å². The topological polar surface area (TPSA) is 6.48 Å². The molecule has 0 aromatic carbocycles. The van der Waals surface area contributed by atoms with Gasteiger partial charge in [-0.05, 0) is 43.4 Å². The number of nitrogens with zero attached hydrogens (tertiary/aromatic N) is 2. The average Bonchev–Trinajstić information content (AvgIpc) is 2.88. The highest BCUT2D eigenvalue weighted by molar-refractivity contribution is 7.80. The van der Waals surface area contributed by atoms with E-state index in [0.717, 1.165) is 11.8 Å². The Labute approximate surface area is 98.4 Å². The van der Waals surface area contributed by atoms with Crippen molar-refractivity contribution >= 4 is 12.6 Å². The summed E-state index contributed by atoms with van der Waals surface area (Å²) in [6.45, 7) is 6.62. The molecule has 15 heavy (non-hydrogen) atoms. The van der Waals surface area contributed by atoms with E-state index < -0.39 is 0 Å². The zero-order valence-corrected chi connectivity index (χ0v) is 10.4. The summed E-state index contributed by atoms with van der Waals surface area (Å²) in [7, 11) is 0. The lowest BCUT2D eigenvalue weighted by Gasteiger charge is -2.39. The van der Waals surface area contributed by atoms with Gasteiger partial charge in [-0.1, -0.05) is 0 Å². The molecule has 0 amide bonds. The normalized spacial score (nSPS) is 35.4. The zero-order valence-electron chi connectivity index (χ0n) is 9.49. The Hall–Kier alpha value is 0.270. The smallest absolute Gasteiger partial charge is 0.0224 e. The summed E-state index contributed by atoms with van der Waals surface area (Å²) >= 11 is 4.50. The second-order valence-electron chi connectivity index (χ2n) is 5.73. The molecule has 0 aromatic rings. The first-order valence-electron chi connectivity index (χ1n) is 6.39. The Morgan fingerprint density at radius 3 is 2.80 bits per heavy atom. The third kappa shape index (κ3) is 2.06. The quantitative estimate of drug-likeness (QED) is 0.728. The molecule has 0 N–H and O–H groups in total. The van der Waals surface area contributed by atoms with Crippen LogP contribution in [0.25, 0.3) is 0 Å². The number of thiol groups is 1. The van der Waals surface area contributed by atoms with E-state index in [1.807, 2.05) is 0 Å². The molecule has 3 fully saturated rings. The monoisotopic (exact) mass is 226 g/mol. The van der Waals surface area contributed by atoms with E-state index in [9.17, 15) is 0 Å². The van der Waals surface area contributed by atoms with Crippen LogP contribution < -0.4 is 0 Å². The Bertz CT molecular complexity index is 240. The Morgan fingerprint density at radius 1 is 1.20 bits per heavy atom. The molecule has 1 aliphatic carbocycles. The first kappa shape index (κ1) is 10.4. The molecule has 1 saturated carbocycles. The van der Waals surface area contributed by atoms with E-state index in [4.69, 9.17) is 0 Å². The number of hydrogen-bond acceptors (Lipinski definition) is 3. The summed E-state index contributed by atoms with van der Waals surface area (Å²) in [5.41, 5.74) is 0.615. The second-order valence-corrected chi connectivity index (χ2v) is 6.04. The molecular formula is C12H22N2S. The summed E-state index contributed by atoms with van der Waals surface area (Å²) in [6.07, 6.45) is 5.70. The van der Waals surface area contributed by atoms with Gasteiger partial charge in [-0.15, -0.1) is 0 Å². The molecule has 0 bridgehead atoms. The highest BCUT2D eigenvalue weighted by Crippen LogP contribution is 2.47. The van der Waals surface area contributed by atoms with E-state index in [2.05, 4.69) is 22.4 Å². The Balaban J connectivity index is 1.55. The fraction of sp³-hybridized carbons (Fsp3) is 1.00. The van der Waals surface area contributed by atoms with Crippen molar-refractivity contribution in [3.8, 4) is 0 Å². The van der Waals surface area contributed by atoms with Gasteiger partial charge in [-0.3, -0.25) is 9.80 Å². The molecule has 3 aliphatic rings. The van der Waals surface area contributed by atoms with Crippen LogP contribution in [0.1, 0.15) is 25.7 Å². The first-order chi connectivity index (χ1) is 7.31. The van der Waals surface area contributed by atoms with Gasteiger partial charge in [0.05, 0.1) is 0 Å². The number of hydrogen-bond donors (Lipinski definition) is 1. The maximum absolute atomic E-state index is 4.50. The number of piperazine rings is 1. The van der Waals surface area contributed by atoms with E-state index in [-0.39, 0.29) is 0 Å². The maximum atomic E-state index is 4.50. The van der Waals surface area contributed by atoms with Crippen LogP contribution in [0, 0.1) is 5.41 Å². The molecular weight excluding hydrogens is 204 g/mol. The minimum atomic E-state index is 0.615. The van der Waals surface area contributed by atoms with Crippen molar-refractivity contribution in [2.45, 2.75) is 31.7 Å². The summed E-state index contributed by atoms with van der Waals surface area (Å²) in [4.78, 5) is 5.40. The van der Waals surface area contributed by atoms with Gasteiger partial charge in [0.15, 0.2) is 0 Å². The molecule has 1 unspecified atom stereocenters. The SMILES string of the molecule is SCC1(CN2CCN3CCCC3C2)CC1. The molecule has 3 heteroatoms. The van der Waals surface area contributed by atoms with Gasteiger partial charge in [0.2, 0.25) is 0 Å². The van der Waals surface area contributed by atoms with E-state index in [1.54, 1.807) is 0 Å². The lowest BCUT2D eigenvalue weighted by molar-refractivity contribution is 0.0911. The highest BCUT2D eigenvalue weighted by atomic mass is 32.1. The minimum Gasteiger partial charge on any atom is -0.300 e. The molecule has 2 nitrogen and oxygen atoms in total. The van der Waals surface area contributed by atoms with Gasteiger partial charge >= 0.3 is 0 Å². The van der Waals surface area contributed by atoms with Crippen molar-refractivity contribution in [1.29, 1.82) is 0 Å². The summed E-state index contributed by atoms with van der Waals surface area (Å²) in [6, 6.07) is 0.884. The third-order valence-electron chi connectivity index (χ3n) is 4.52. The Kier molecular flexibility index (Phi) is 2.74. The molecule has 0 spiro atoms. The standard InChI is InChI=1S/C12H22N2S/c15-10-12(3-4-12)9-13-6-7-14-5-1-2-11(14)8-13/h11,15H,1-10H2. The van der Waals surface area contributed by atoms with Crippen LogP contribution in [-0.4, -0.2) is 54.3 Å². The van der Waals surface area contributed by atoms with Gasteiger partial charge in [-0.2, -0.15) is 12.6 Å². The largest absolute Gasteiger partial charge is 0.300 e. The molecule has 86 valence electrons. The summed E-state index contributed by atoms with van der Waals surface area (Å²) in [5.74, 6) is 1.10. The van der Waals surface area contributed by atoms with Gasteiger partial charge in [0, 0.05) is 32.2 Å². The highest BCUT2D eigenvalue weighted by Gasteiger charge is 2.43. The van der Waals surface area contributed by atoms with Crippen LogP contribution >= 0.6 is 12.6 Å². The zero-order chi connectivity index (χ0) is 10.3. The number of rotatable bonds is 3. The molecule has 2 aliphatic heterocycles. The third-order valence-corrected chi connectivity index (χ3v) is 5.19. The summed E-state index contributed by atoms with van der Waals surface area (Å²) in [5, 5.41) is 0. The van der Waals surface area contributed by atoms with Gasteiger partial charge < -0.3 is 0 Å². The van der Waals surface area contributed by atoms with Crippen molar-refractivity contribution in [3.63, 3.8) is 0 Å². The van der Waals surface area contributed by atoms with Crippen LogP contribution in [0.5, 0.6) is 0 Å². The van der Waals surface area contributed by atoms with E-state index in [1.165, 1.54) is 58.4 Å². The van der Waals surface area contributed by atoms with Gasteiger partial charge in [-0.25, -0.2) is 0 Å². The lowest BCUT2D eigenvalue weighted by atomic mass is 10.1. The molecule has 2 saturated heterocycles. The average molecular weight is 226 g/mol. The Morgan fingerprint density at radius 2 is 2.07 bits per heavy atom. The van der Waals surface area contributed by atoms with E-state index >= 15 is 0 Å². The fourth-order valence-corrected chi connectivity index (χ4v) is 3.63. The van der Waals surface area contributed by atoms with Crippen molar-refractivity contribution in [2.24, 2.45) is 5.41 Å². The lowest BCUT2D eigenvalue weighted by Crippen LogP contribution is -2.51. The minimum absolute atomic E-state index is 0.615. The van der Waals surface area contributed by atoms with Crippen molar-refractivity contribution in [1.82, 2.24) is 9.80 Å². The van der Waals surface area contributed by atoms with Crippen LogP contribution in [0.3, 0.4) is 0 Å². The van der Waals surface area contributed by atoms with Gasteiger partial charge in [0.1, 0.15) is 0 Å². The molecule has 2 heterocycles. The number of fused-ring (bicyclic) bond motifs is 1. The second kappa shape index (κ2) is 3.94. The molecule has 0 aromatic heterocycles. The van der Waals surface area contributed by atoms with Crippen LogP contribution in [0.4, 0.5) is 0 Å². The van der Waals surface area contributed by atoms with Crippen LogP contribution in [-0.2, 0) is 0 Å². The van der Waals surface area contributed by atoms with Crippen molar-refractivity contribution < 1.29 is 0 Å².